The van der Waals surface area contributed by atoms with Crippen molar-refractivity contribution >= 4 is 12.0 Å². The van der Waals surface area contributed by atoms with E-state index in [4.69, 9.17) is 9.94 Å². The van der Waals surface area contributed by atoms with Crippen molar-refractivity contribution in [1.82, 2.24) is 9.96 Å². The Morgan fingerprint density at radius 2 is 1.77 bits per heavy atom. The molecule has 6 heteroatoms. The van der Waals surface area contributed by atoms with Crippen LogP contribution >= 0.6 is 0 Å². The van der Waals surface area contributed by atoms with Gasteiger partial charge in [0.1, 0.15) is 0 Å². The lowest BCUT2D eigenvalue weighted by molar-refractivity contribution is -0.168. The van der Waals surface area contributed by atoms with Crippen molar-refractivity contribution in [1.29, 1.82) is 0 Å². The predicted octanol–water partition coefficient (Wildman–Crippen LogP) is 4.39. The Bertz CT molecular complexity index is 873. The molecule has 2 aromatic rings. The summed E-state index contributed by atoms with van der Waals surface area (Å²) in [4.78, 5) is 30.3. The largest absolute Gasteiger partial charge is 0.465 e. The van der Waals surface area contributed by atoms with Gasteiger partial charge in [-0.05, 0) is 47.9 Å². The van der Waals surface area contributed by atoms with Gasteiger partial charge < -0.3 is 10.0 Å². The fourth-order valence-corrected chi connectivity index (χ4v) is 4.19. The summed E-state index contributed by atoms with van der Waals surface area (Å²) in [5.74, 6) is 0.239. The Labute approximate surface area is 178 Å². The number of carboxylic acid groups (broad SMARTS) is 1. The average molecular weight is 411 g/mol. The molecule has 1 N–H and O–H groups in total. The molecule has 0 spiro atoms. The van der Waals surface area contributed by atoms with Crippen LogP contribution in [-0.2, 0) is 9.63 Å². The maximum Gasteiger partial charge on any atom is 0.407 e. The van der Waals surface area contributed by atoms with Crippen molar-refractivity contribution in [3.63, 3.8) is 0 Å². The van der Waals surface area contributed by atoms with E-state index in [-0.39, 0.29) is 11.8 Å². The van der Waals surface area contributed by atoms with Gasteiger partial charge in [-0.1, -0.05) is 48.5 Å². The monoisotopic (exact) mass is 410 g/mol. The van der Waals surface area contributed by atoms with Crippen LogP contribution in [0.5, 0.6) is 0 Å². The van der Waals surface area contributed by atoms with E-state index in [0.29, 0.717) is 25.4 Å². The molecule has 6 nitrogen and oxygen atoms in total. The lowest BCUT2D eigenvalue weighted by Gasteiger charge is -2.30. The quantitative estimate of drug-likeness (QED) is 0.717. The first-order chi connectivity index (χ1) is 14.4. The Morgan fingerprint density at radius 1 is 1.13 bits per heavy atom. The van der Waals surface area contributed by atoms with Crippen LogP contribution in [0, 0.1) is 6.92 Å². The average Bonchev–Trinajstić information content (AvgIpc) is 2.77. The summed E-state index contributed by atoms with van der Waals surface area (Å²) in [7, 11) is 3.12. The van der Waals surface area contributed by atoms with E-state index in [9.17, 15) is 9.59 Å². The maximum atomic E-state index is 12.6. The number of nitrogens with zero attached hydrogens (tertiary/aromatic N) is 2. The highest BCUT2D eigenvalue weighted by molar-refractivity contribution is 5.76. The number of hydrogen-bond donors (Lipinski definition) is 1. The Kier molecular flexibility index (Phi) is 7.11. The van der Waals surface area contributed by atoms with Gasteiger partial charge in [-0.15, -0.1) is 0 Å². The van der Waals surface area contributed by atoms with E-state index >= 15 is 0 Å². The number of likely N-dealkylation sites (tertiary alicyclic amines) is 1. The van der Waals surface area contributed by atoms with Gasteiger partial charge in [-0.2, -0.15) is 0 Å². The molecule has 1 saturated heterocycles. The summed E-state index contributed by atoms with van der Waals surface area (Å²) in [5.41, 5.74) is 4.61. The molecule has 3 rings (SSSR count). The third-order valence-corrected chi connectivity index (χ3v) is 6.14. The standard InChI is InChI=1S/C24H30N2O4/c1-17-6-4-5-7-21(17)22(16-23(27)25(2)30-3)20-10-8-18(9-11-20)19-12-14-26(15-13-19)24(28)29/h4-11,19,22H,12-16H2,1-3H3,(H,28,29). The van der Waals surface area contributed by atoms with Crippen molar-refractivity contribution in [2.24, 2.45) is 0 Å². The number of carbonyl (C=O) groups excluding carboxylic acids is 1. The van der Waals surface area contributed by atoms with Crippen molar-refractivity contribution in [3.8, 4) is 0 Å². The number of benzene rings is 2. The van der Waals surface area contributed by atoms with Gasteiger partial charge in [-0.3, -0.25) is 9.63 Å². The summed E-state index contributed by atoms with van der Waals surface area (Å²) in [5, 5.41) is 10.4. The number of hydrogen-bond acceptors (Lipinski definition) is 3. The Hall–Kier alpha value is -2.86. The third-order valence-electron chi connectivity index (χ3n) is 6.14. The number of carbonyl (C=O) groups is 2. The van der Waals surface area contributed by atoms with Crippen LogP contribution in [0.1, 0.15) is 53.4 Å². The second-order valence-electron chi connectivity index (χ2n) is 7.90. The molecular weight excluding hydrogens is 380 g/mol. The second kappa shape index (κ2) is 9.76. The van der Waals surface area contributed by atoms with E-state index in [2.05, 4.69) is 43.3 Å². The zero-order valence-electron chi connectivity index (χ0n) is 17.9. The lowest BCUT2D eigenvalue weighted by Crippen LogP contribution is -2.36. The van der Waals surface area contributed by atoms with Gasteiger partial charge in [0.15, 0.2) is 0 Å². The zero-order chi connectivity index (χ0) is 21.7. The molecule has 160 valence electrons. The lowest BCUT2D eigenvalue weighted by atomic mass is 9.83. The SMILES string of the molecule is CON(C)C(=O)CC(c1ccc(C2CCN(C(=O)O)CC2)cc1)c1ccccc1C. The van der Waals surface area contributed by atoms with Gasteiger partial charge in [0.05, 0.1) is 7.11 Å². The topological polar surface area (TPSA) is 70.1 Å². The third kappa shape index (κ3) is 5.00. The molecule has 0 aromatic heterocycles. The van der Waals surface area contributed by atoms with E-state index in [0.717, 1.165) is 29.5 Å². The zero-order valence-corrected chi connectivity index (χ0v) is 17.9. The summed E-state index contributed by atoms with van der Waals surface area (Å²) >= 11 is 0. The fraction of sp³-hybridized carbons (Fsp3) is 0.417. The first-order valence-corrected chi connectivity index (χ1v) is 10.3. The van der Waals surface area contributed by atoms with Crippen LogP contribution in [0.3, 0.4) is 0 Å². The van der Waals surface area contributed by atoms with E-state index < -0.39 is 6.09 Å². The molecule has 2 aromatic carbocycles. The molecule has 1 atom stereocenters. The summed E-state index contributed by atoms with van der Waals surface area (Å²) < 4.78 is 0. The molecule has 0 bridgehead atoms. The molecule has 1 aliphatic rings. The molecule has 0 aliphatic carbocycles. The van der Waals surface area contributed by atoms with Crippen molar-refractivity contribution < 1.29 is 19.5 Å². The van der Waals surface area contributed by atoms with Crippen molar-refractivity contribution in [2.75, 3.05) is 27.2 Å². The van der Waals surface area contributed by atoms with Gasteiger partial charge in [0, 0.05) is 32.5 Å². The minimum Gasteiger partial charge on any atom is -0.465 e. The number of piperidine rings is 1. The van der Waals surface area contributed by atoms with E-state index in [1.54, 1.807) is 7.05 Å². The van der Waals surface area contributed by atoms with Gasteiger partial charge in [0.25, 0.3) is 0 Å². The van der Waals surface area contributed by atoms with Gasteiger partial charge in [0.2, 0.25) is 5.91 Å². The molecule has 1 aliphatic heterocycles. The Morgan fingerprint density at radius 3 is 2.33 bits per heavy atom. The summed E-state index contributed by atoms with van der Waals surface area (Å²) in [6, 6.07) is 16.6. The minimum absolute atomic E-state index is 0.0563. The fourth-order valence-electron chi connectivity index (χ4n) is 4.19. The molecule has 1 unspecified atom stereocenters. The maximum absolute atomic E-state index is 12.6. The normalized spacial score (nSPS) is 15.6. The van der Waals surface area contributed by atoms with Crippen molar-refractivity contribution in [3.05, 3.63) is 70.8 Å². The highest BCUT2D eigenvalue weighted by Gasteiger charge is 2.25. The second-order valence-corrected chi connectivity index (χ2v) is 7.90. The molecule has 2 amide bonds. The number of amides is 2. The molecular formula is C24H30N2O4. The number of aryl methyl sites for hydroxylation is 1. The van der Waals surface area contributed by atoms with Gasteiger partial charge >= 0.3 is 6.09 Å². The minimum atomic E-state index is -0.837. The summed E-state index contributed by atoms with van der Waals surface area (Å²) in [6.07, 6.45) is 1.16. The molecule has 30 heavy (non-hydrogen) atoms. The van der Waals surface area contributed by atoms with Crippen LogP contribution in [0.15, 0.2) is 48.5 Å². The van der Waals surface area contributed by atoms with Crippen LogP contribution in [0.2, 0.25) is 0 Å². The number of rotatable bonds is 6. The van der Waals surface area contributed by atoms with E-state index in [1.165, 1.54) is 22.6 Å². The predicted molar refractivity (Wildman–Crippen MR) is 115 cm³/mol. The summed E-state index contributed by atoms with van der Waals surface area (Å²) in [6.45, 7) is 3.22. The van der Waals surface area contributed by atoms with Crippen molar-refractivity contribution in [2.45, 2.75) is 38.0 Å². The van der Waals surface area contributed by atoms with Crippen LogP contribution < -0.4 is 0 Å². The molecule has 0 saturated carbocycles. The highest BCUT2D eigenvalue weighted by Crippen LogP contribution is 2.33. The highest BCUT2D eigenvalue weighted by atomic mass is 16.7. The van der Waals surface area contributed by atoms with Crippen LogP contribution in [-0.4, -0.2) is 54.3 Å². The van der Waals surface area contributed by atoms with E-state index in [1.807, 2.05) is 12.1 Å². The van der Waals surface area contributed by atoms with Crippen LogP contribution in [0.4, 0.5) is 4.79 Å². The first-order valence-electron chi connectivity index (χ1n) is 10.3. The van der Waals surface area contributed by atoms with Crippen LogP contribution in [0.25, 0.3) is 0 Å². The number of hydroxylamine groups is 2. The van der Waals surface area contributed by atoms with Gasteiger partial charge in [-0.25, -0.2) is 9.86 Å². The smallest absolute Gasteiger partial charge is 0.407 e. The molecule has 1 fully saturated rings. The molecule has 1 heterocycles. The molecule has 0 radical (unpaired) electrons. The first kappa shape index (κ1) is 21.8. The Balaban J connectivity index is 1.81.